The van der Waals surface area contributed by atoms with Gasteiger partial charge in [-0.25, -0.2) is 9.37 Å². The van der Waals surface area contributed by atoms with E-state index >= 15 is 0 Å². The van der Waals surface area contributed by atoms with E-state index in [0.29, 0.717) is 17.5 Å². The Kier molecular flexibility index (Phi) is 6.24. The minimum absolute atomic E-state index is 0.120. The Hall–Kier alpha value is -2.49. The maximum atomic E-state index is 13.9. The van der Waals surface area contributed by atoms with E-state index in [4.69, 9.17) is 33.7 Å². The van der Waals surface area contributed by atoms with E-state index in [1.165, 1.54) is 23.0 Å². The van der Waals surface area contributed by atoms with Gasteiger partial charge in [0, 0.05) is 47.1 Å². The van der Waals surface area contributed by atoms with Crippen molar-refractivity contribution in [2.75, 3.05) is 12.3 Å². The summed E-state index contributed by atoms with van der Waals surface area (Å²) in [6, 6.07) is 0.879. The predicted octanol–water partition coefficient (Wildman–Crippen LogP) is 5.63. The van der Waals surface area contributed by atoms with E-state index in [1.54, 1.807) is 25.4 Å². The van der Waals surface area contributed by atoms with Gasteiger partial charge in [0.25, 0.3) is 0 Å². The molecule has 1 aliphatic rings. The number of alkyl halides is 2. The molecule has 0 aliphatic carbocycles. The van der Waals surface area contributed by atoms with Crippen LogP contribution in [0.5, 0.6) is 5.75 Å². The molecule has 1 aliphatic heterocycles. The molecule has 6 nitrogen and oxygen atoms in total. The van der Waals surface area contributed by atoms with Crippen LogP contribution in [-0.2, 0) is 0 Å². The molecule has 0 saturated carbocycles. The Bertz CT molecular complexity index is 1140. The van der Waals surface area contributed by atoms with Crippen LogP contribution in [0.25, 0.3) is 11.1 Å². The lowest BCUT2D eigenvalue weighted by atomic mass is 10.1. The van der Waals surface area contributed by atoms with Crippen molar-refractivity contribution < 1.29 is 17.9 Å². The van der Waals surface area contributed by atoms with Crippen molar-refractivity contribution in [2.24, 2.45) is 0 Å². The number of halogens is 5. The summed E-state index contributed by atoms with van der Waals surface area (Å²) in [7, 11) is 0. The lowest BCUT2D eigenvalue weighted by Crippen LogP contribution is -2.44. The number of hydrogen-bond acceptors (Lipinski definition) is 5. The lowest BCUT2D eigenvalue weighted by Gasteiger charge is -2.29. The average molecular weight is 486 g/mol. The van der Waals surface area contributed by atoms with Gasteiger partial charge in [0.15, 0.2) is 11.6 Å². The van der Waals surface area contributed by atoms with Crippen LogP contribution in [0.2, 0.25) is 10.0 Å². The Labute approximate surface area is 192 Å². The highest BCUT2D eigenvalue weighted by Gasteiger charge is 2.37. The zero-order chi connectivity index (χ0) is 23.0. The summed E-state index contributed by atoms with van der Waals surface area (Å²) in [5, 5.41) is 6.57. The molecule has 2 unspecified atom stereocenters. The number of nitrogen functional groups attached to an aromatic ring is 1. The summed E-state index contributed by atoms with van der Waals surface area (Å²) in [6.07, 6.45) is 4.28. The van der Waals surface area contributed by atoms with E-state index in [1.807, 2.05) is 0 Å². The quantitative estimate of drug-likeness (QED) is 0.361. The average Bonchev–Trinajstić information content (AvgIpc) is 3.22. The summed E-state index contributed by atoms with van der Waals surface area (Å²) < 4.78 is 48.7. The fraction of sp³-hybridized carbons (Fsp3) is 0.333. The number of nitrogens with zero attached hydrogens (tertiary/aromatic N) is 3. The molecule has 2 aromatic heterocycles. The third-order valence-corrected chi connectivity index (χ3v) is 6.05. The summed E-state index contributed by atoms with van der Waals surface area (Å²) in [6.45, 7) is 1.87. The first-order chi connectivity index (χ1) is 15.1. The normalized spacial score (nSPS) is 19.0. The van der Waals surface area contributed by atoms with Gasteiger partial charge in [0.1, 0.15) is 11.9 Å². The third kappa shape index (κ3) is 4.65. The number of piperidine rings is 1. The number of hydrogen-bond donors (Lipinski definition) is 2. The molecular formula is C21H20Cl2F3N5O. The minimum Gasteiger partial charge on any atom is -0.482 e. The van der Waals surface area contributed by atoms with Gasteiger partial charge in [0.05, 0.1) is 17.3 Å². The van der Waals surface area contributed by atoms with Crippen LogP contribution in [0.3, 0.4) is 0 Å². The van der Waals surface area contributed by atoms with E-state index in [0.717, 1.165) is 0 Å². The highest BCUT2D eigenvalue weighted by Crippen LogP contribution is 2.37. The van der Waals surface area contributed by atoms with Gasteiger partial charge in [0.2, 0.25) is 0 Å². The molecular weight excluding hydrogens is 466 g/mol. The first-order valence-corrected chi connectivity index (χ1v) is 10.6. The zero-order valence-electron chi connectivity index (χ0n) is 17.0. The van der Waals surface area contributed by atoms with E-state index in [-0.39, 0.29) is 40.1 Å². The predicted molar refractivity (Wildman–Crippen MR) is 117 cm³/mol. The fourth-order valence-corrected chi connectivity index (χ4v) is 4.35. The second kappa shape index (κ2) is 8.80. The monoisotopic (exact) mass is 485 g/mol. The summed E-state index contributed by atoms with van der Waals surface area (Å²) in [4.78, 5) is 4.16. The Balaban J connectivity index is 1.58. The molecule has 0 amide bonds. The van der Waals surface area contributed by atoms with Crippen molar-refractivity contribution in [1.82, 2.24) is 20.1 Å². The van der Waals surface area contributed by atoms with Crippen molar-refractivity contribution >= 4 is 29.0 Å². The second-order valence-corrected chi connectivity index (χ2v) is 8.40. The van der Waals surface area contributed by atoms with E-state index in [2.05, 4.69) is 15.4 Å². The fourth-order valence-electron chi connectivity index (χ4n) is 3.68. The Morgan fingerprint density at radius 1 is 1.28 bits per heavy atom. The maximum Gasteiger partial charge on any atom is 0.304 e. The second-order valence-electron chi connectivity index (χ2n) is 7.61. The molecule has 0 bridgehead atoms. The number of pyridine rings is 1. The lowest BCUT2D eigenvalue weighted by molar-refractivity contribution is -0.0729. The van der Waals surface area contributed by atoms with Crippen molar-refractivity contribution in [3.63, 3.8) is 0 Å². The summed E-state index contributed by atoms with van der Waals surface area (Å²) in [5.41, 5.74) is 7.55. The molecule has 170 valence electrons. The topological polar surface area (TPSA) is 78.0 Å². The molecule has 1 fully saturated rings. The number of benzene rings is 1. The highest BCUT2D eigenvalue weighted by molar-refractivity contribution is 6.36. The van der Waals surface area contributed by atoms with Gasteiger partial charge >= 0.3 is 6.05 Å². The van der Waals surface area contributed by atoms with Crippen LogP contribution in [0.15, 0.2) is 36.8 Å². The van der Waals surface area contributed by atoms with Crippen LogP contribution in [0.1, 0.15) is 37.5 Å². The molecule has 1 aromatic carbocycles. The summed E-state index contributed by atoms with van der Waals surface area (Å²) in [5.74, 6) is -0.251. The number of nitrogens with one attached hydrogen (secondary N) is 1. The van der Waals surface area contributed by atoms with Crippen LogP contribution in [-0.4, -0.2) is 27.4 Å². The first-order valence-electron chi connectivity index (χ1n) is 9.87. The number of ether oxygens (including phenoxy) is 1. The van der Waals surface area contributed by atoms with Crippen LogP contribution in [0, 0.1) is 5.82 Å². The molecule has 32 heavy (non-hydrogen) atoms. The van der Waals surface area contributed by atoms with Gasteiger partial charge in [-0.05, 0) is 31.5 Å². The number of anilines is 1. The molecule has 3 heterocycles. The third-order valence-electron chi connectivity index (χ3n) is 5.33. The van der Waals surface area contributed by atoms with Crippen molar-refractivity contribution in [3.05, 3.63) is 58.2 Å². The van der Waals surface area contributed by atoms with Crippen LogP contribution >= 0.6 is 23.2 Å². The molecule has 0 radical (unpaired) electrons. The maximum absolute atomic E-state index is 13.9. The van der Waals surface area contributed by atoms with Crippen LogP contribution in [0.4, 0.5) is 19.0 Å². The molecule has 4 rings (SSSR count). The zero-order valence-corrected chi connectivity index (χ0v) is 18.5. The van der Waals surface area contributed by atoms with Gasteiger partial charge in [-0.2, -0.15) is 13.9 Å². The Morgan fingerprint density at radius 3 is 2.81 bits per heavy atom. The van der Waals surface area contributed by atoms with Gasteiger partial charge < -0.3 is 10.5 Å². The number of rotatable bonds is 5. The summed E-state index contributed by atoms with van der Waals surface area (Å²) >= 11 is 12.2. The molecule has 2 atom stereocenters. The van der Waals surface area contributed by atoms with E-state index in [9.17, 15) is 13.2 Å². The smallest absolute Gasteiger partial charge is 0.304 e. The molecule has 3 N–H and O–H groups in total. The van der Waals surface area contributed by atoms with Gasteiger partial charge in [-0.15, -0.1) is 0 Å². The first kappa shape index (κ1) is 22.7. The Morgan fingerprint density at radius 2 is 2.06 bits per heavy atom. The number of nitrogens with two attached hydrogens (primary N) is 1. The SMILES string of the molecule is CC(Oc1cc(-c2cnn(C3CCNC(F)(F)C3)c2)cnc1N)c1c(Cl)ccc(F)c1Cl. The van der Waals surface area contributed by atoms with Crippen LogP contribution < -0.4 is 15.8 Å². The largest absolute Gasteiger partial charge is 0.482 e. The number of aromatic nitrogens is 3. The van der Waals surface area contributed by atoms with Crippen molar-refractivity contribution in [3.8, 4) is 16.9 Å². The highest BCUT2D eigenvalue weighted by atomic mass is 35.5. The van der Waals surface area contributed by atoms with Crippen molar-refractivity contribution in [2.45, 2.75) is 38.0 Å². The van der Waals surface area contributed by atoms with Crippen molar-refractivity contribution in [1.29, 1.82) is 0 Å². The molecule has 11 heteroatoms. The van der Waals surface area contributed by atoms with Gasteiger partial charge in [-0.1, -0.05) is 23.2 Å². The standard InChI is InChI=1S/C21H20Cl2F3N5O/c1-11(18-15(22)2-3-16(24)19(18)23)32-17-6-12(8-28-20(17)27)13-9-30-31(10-13)14-4-5-29-21(25,26)7-14/h2-3,6,8-11,14,29H,4-5,7H2,1H3,(H2,27,28). The molecule has 1 saturated heterocycles. The van der Waals surface area contributed by atoms with Gasteiger partial charge in [-0.3, -0.25) is 10.00 Å². The van der Waals surface area contributed by atoms with E-state index < -0.39 is 24.0 Å². The molecule has 0 spiro atoms. The molecule has 3 aromatic rings. The minimum atomic E-state index is -2.92.